The number of aromatic nitrogens is 2. The molecule has 1 fully saturated rings. The zero-order valence-electron chi connectivity index (χ0n) is 12.9. The zero-order valence-corrected chi connectivity index (χ0v) is 13.7. The molecule has 0 radical (unpaired) electrons. The maximum Gasteiger partial charge on any atom is 0.221 e. The Morgan fingerprint density at radius 3 is 3.09 bits per heavy atom. The monoisotopic (exact) mass is 332 g/mol. The summed E-state index contributed by atoms with van der Waals surface area (Å²) >= 11 is 6.08. The maximum atomic E-state index is 6.08. The molecule has 1 aliphatic rings. The molecular formula is C16H21ClN6. The fourth-order valence-corrected chi connectivity index (χ4v) is 2.84. The van der Waals surface area contributed by atoms with Crippen LogP contribution in [0.15, 0.2) is 30.5 Å². The number of benzene rings is 1. The lowest BCUT2D eigenvalue weighted by Gasteiger charge is -2.15. The minimum atomic E-state index is 0.266. The third-order valence-corrected chi connectivity index (χ3v) is 4.06. The Balaban J connectivity index is 1.66. The van der Waals surface area contributed by atoms with Crippen molar-refractivity contribution in [3.63, 3.8) is 0 Å². The molecule has 1 aromatic heterocycles. The molecule has 1 aromatic carbocycles. The maximum absolute atomic E-state index is 6.08. The predicted molar refractivity (Wildman–Crippen MR) is 94.4 cm³/mol. The van der Waals surface area contributed by atoms with Gasteiger partial charge in [0, 0.05) is 49.6 Å². The Labute approximate surface area is 141 Å². The Kier molecular flexibility index (Phi) is 5.27. The summed E-state index contributed by atoms with van der Waals surface area (Å²) in [6.45, 7) is 5.07. The number of anilines is 2. The van der Waals surface area contributed by atoms with Gasteiger partial charge in [-0.1, -0.05) is 23.7 Å². The summed E-state index contributed by atoms with van der Waals surface area (Å²) in [5, 5.41) is 7.39. The molecular weight excluding hydrogens is 312 g/mol. The molecule has 2 aromatic rings. The van der Waals surface area contributed by atoms with Crippen molar-refractivity contribution in [3.05, 3.63) is 35.5 Å². The molecule has 23 heavy (non-hydrogen) atoms. The van der Waals surface area contributed by atoms with Crippen LogP contribution in [0.5, 0.6) is 0 Å². The molecule has 0 unspecified atom stereocenters. The highest BCUT2D eigenvalue weighted by Gasteiger charge is 2.11. The second-order valence-corrected chi connectivity index (χ2v) is 5.99. The minimum Gasteiger partial charge on any atom is -0.369 e. The van der Waals surface area contributed by atoms with E-state index >= 15 is 0 Å². The van der Waals surface area contributed by atoms with Crippen LogP contribution in [0.4, 0.5) is 11.8 Å². The zero-order chi connectivity index (χ0) is 16.1. The van der Waals surface area contributed by atoms with Gasteiger partial charge in [0.25, 0.3) is 0 Å². The summed E-state index contributed by atoms with van der Waals surface area (Å²) < 4.78 is 0. The van der Waals surface area contributed by atoms with Gasteiger partial charge in [-0.3, -0.25) is 4.90 Å². The van der Waals surface area contributed by atoms with E-state index in [1.165, 1.54) is 0 Å². The third-order valence-electron chi connectivity index (χ3n) is 3.83. The van der Waals surface area contributed by atoms with Crippen LogP contribution >= 0.6 is 11.6 Å². The highest BCUT2D eigenvalue weighted by atomic mass is 35.5. The van der Waals surface area contributed by atoms with Crippen molar-refractivity contribution in [2.24, 2.45) is 0 Å². The molecule has 0 saturated carbocycles. The molecule has 122 valence electrons. The minimum absolute atomic E-state index is 0.266. The number of nitrogens with one attached hydrogen (secondary N) is 2. The summed E-state index contributed by atoms with van der Waals surface area (Å²) in [5.74, 6) is 1.02. The quantitative estimate of drug-likeness (QED) is 0.703. The summed E-state index contributed by atoms with van der Waals surface area (Å²) in [4.78, 5) is 10.8. The van der Waals surface area contributed by atoms with Crippen molar-refractivity contribution in [2.75, 3.05) is 43.9 Å². The second kappa shape index (κ2) is 7.59. The van der Waals surface area contributed by atoms with Gasteiger partial charge in [0.2, 0.25) is 5.95 Å². The van der Waals surface area contributed by atoms with E-state index in [1.807, 2.05) is 24.3 Å². The lowest BCUT2D eigenvalue weighted by Crippen LogP contribution is -2.24. The van der Waals surface area contributed by atoms with E-state index in [0.29, 0.717) is 5.02 Å². The molecule has 0 amide bonds. The predicted octanol–water partition coefficient (Wildman–Crippen LogP) is 2.04. The summed E-state index contributed by atoms with van der Waals surface area (Å²) in [6, 6.07) is 7.65. The Morgan fingerprint density at radius 1 is 1.39 bits per heavy atom. The van der Waals surface area contributed by atoms with E-state index in [0.717, 1.165) is 56.2 Å². The van der Waals surface area contributed by atoms with E-state index in [1.54, 1.807) is 6.20 Å². The highest BCUT2D eigenvalue weighted by molar-refractivity contribution is 6.30. The Hall–Kier alpha value is -1.89. The van der Waals surface area contributed by atoms with Crippen molar-refractivity contribution < 1.29 is 0 Å². The van der Waals surface area contributed by atoms with Gasteiger partial charge in [-0.15, -0.1) is 0 Å². The number of nitrogen functional groups attached to an aromatic ring is 1. The molecule has 2 heterocycles. The number of nitrogens with two attached hydrogens (primary N) is 1. The number of halogens is 1. The summed E-state index contributed by atoms with van der Waals surface area (Å²) in [6.07, 6.45) is 2.78. The van der Waals surface area contributed by atoms with Crippen LogP contribution < -0.4 is 16.4 Å². The molecule has 3 rings (SSSR count). The van der Waals surface area contributed by atoms with E-state index < -0.39 is 0 Å². The van der Waals surface area contributed by atoms with E-state index in [2.05, 4.69) is 25.5 Å². The first-order valence-electron chi connectivity index (χ1n) is 7.78. The first-order valence-corrected chi connectivity index (χ1v) is 8.15. The first-order chi connectivity index (χ1) is 11.2. The van der Waals surface area contributed by atoms with E-state index in [9.17, 15) is 0 Å². The van der Waals surface area contributed by atoms with Gasteiger partial charge in [0.1, 0.15) is 5.82 Å². The van der Waals surface area contributed by atoms with Crippen LogP contribution in [0.2, 0.25) is 5.02 Å². The van der Waals surface area contributed by atoms with Gasteiger partial charge >= 0.3 is 0 Å². The van der Waals surface area contributed by atoms with Crippen LogP contribution in [0, 0.1) is 0 Å². The van der Waals surface area contributed by atoms with Gasteiger partial charge < -0.3 is 16.4 Å². The molecule has 7 heteroatoms. The first kappa shape index (κ1) is 16.0. The fraction of sp³-hybridized carbons (Fsp3) is 0.375. The van der Waals surface area contributed by atoms with Gasteiger partial charge in [0.15, 0.2) is 0 Å². The largest absolute Gasteiger partial charge is 0.369 e. The average Bonchev–Trinajstić information content (AvgIpc) is 3.05. The number of hydrogen-bond acceptors (Lipinski definition) is 6. The van der Waals surface area contributed by atoms with Crippen molar-refractivity contribution in [2.45, 2.75) is 6.42 Å². The number of rotatable bonds is 6. The van der Waals surface area contributed by atoms with Crippen LogP contribution in [-0.2, 0) is 0 Å². The summed E-state index contributed by atoms with van der Waals surface area (Å²) in [7, 11) is 0. The molecule has 4 N–H and O–H groups in total. The lowest BCUT2D eigenvalue weighted by molar-refractivity contribution is 0.333. The van der Waals surface area contributed by atoms with E-state index in [-0.39, 0.29) is 5.95 Å². The normalized spacial score (nSPS) is 15.0. The van der Waals surface area contributed by atoms with Crippen molar-refractivity contribution in [3.8, 4) is 11.1 Å². The van der Waals surface area contributed by atoms with Gasteiger partial charge in [-0.25, -0.2) is 4.98 Å². The van der Waals surface area contributed by atoms with Crippen molar-refractivity contribution >= 4 is 23.4 Å². The van der Waals surface area contributed by atoms with Crippen LogP contribution in [0.1, 0.15) is 6.42 Å². The highest BCUT2D eigenvalue weighted by Crippen LogP contribution is 2.28. The smallest absolute Gasteiger partial charge is 0.221 e. The molecule has 1 saturated heterocycles. The van der Waals surface area contributed by atoms with Crippen molar-refractivity contribution in [1.29, 1.82) is 0 Å². The van der Waals surface area contributed by atoms with Gasteiger partial charge in [-0.05, 0) is 24.1 Å². The van der Waals surface area contributed by atoms with Gasteiger partial charge in [-0.2, -0.15) is 4.98 Å². The van der Waals surface area contributed by atoms with Crippen LogP contribution in [-0.4, -0.2) is 47.7 Å². The fourth-order valence-electron chi connectivity index (χ4n) is 2.65. The Bertz CT molecular complexity index is 657. The van der Waals surface area contributed by atoms with Crippen LogP contribution in [0.3, 0.4) is 0 Å². The lowest BCUT2D eigenvalue weighted by atomic mass is 10.1. The molecule has 6 nitrogen and oxygen atoms in total. The van der Waals surface area contributed by atoms with Crippen molar-refractivity contribution in [1.82, 2.24) is 20.2 Å². The molecule has 0 aliphatic carbocycles. The average molecular weight is 333 g/mol. The summed E-state index contributed by atoms with van der Waals surface area (Å²) in [5.41, 5.74) is 7.62. The van der Waals surface area contributed by atoms with Gasteiger partial charge in [0.05, 0.1) is 0 Å². The second-order valence-electron chi connectivity index (χ2n) is 5.56. The number of nitrogens with zero attached hydrogens (tertiary/aromatic N) is 3. The van der Waals surface area contributed by atoms with Crippen LogP contribution in [0.25, 0.3) is 11.1 Å². The third kappa shape index (κ3) is 4.31. The topological polar surface area (TPSA) is 79.1 Å². The number of hydrogen-bond donors (Lipinski definition) is 3. The van der Waals surface area contributed by atoms with E-state index in [4.69, 9.17) is 17.3 Å². The molecule has 0 bridgehead atoms. The molecule has 0 atom stereocenters. The standard InChI is InChI=1S/C16H21ClN6/c17-13-4-1-3-12(9-13)14-10-21-16(18)22-15(14)20-5-2-7-23-8-6-19-11-23/h1,3-4,9-10,19H,2,5-8,11H2,(H3,18,20,21,22). The Morgan fingerprint density at radius 2 is 2.30 bits per heavy atom. The SMILES string of the molecule is Nc1ncc(-c2cccc(Cl)c2)c(NCCCN2CCNC2)n1. The molecule has 1 aliphatic heterocycles. The molecule has 0 spiro atoms.